The highest BCUT2D eigenvalue weighted by Gasteiger charge is 2.83. The lowest BCUT2D eigenvalue weighted by atomic mass is 9.37. The standard InChI is InChI=1S/C22H38O4.C20H33F3O4.C12H17F5O4.C10H16O4/c1-8-17(2,3)16(23)26-22-11-15-9-20(13-22,18(4,5)24)12-21(10-15,14-22)19(6,7)25;1-7-17(2,3)16(24)27-15-10-12-8-13(15)9-14(12)18(4,5)26-11-19(6,25)20(21,22)23;1-5-8(2,3)7(18)21-9(4)6-20-11(19,10(9,13)14)12(15,16)17;1-4-10(2,3)9(12)14-7-5-8(11)13-6-7/h15,24-25H,8-14H2,1-7H3;12-15,25H,7-11H2,1-6H3;19H,5-6H2,1-4H3;7H,4-6H2,1-3H3. The number of hydrogen-bond donors (Lipinski definition) is 4. The Hall–Kier alpha value is -3.45. The number of esters is 5. The molecule has 8 rings (SSSR count). The Morgan fingerprint density at radius 1 is 0.602 bits per heavy atom. The molecule has 0 amide bonds. The third kappa shape index (κ3) is 15.8. The topological polar surface area (TPSA) is 231 Å². The van der Waals surface area contributed by atoms with Crippen LogP contribution in [0.4, 0.5) is 35.1 Å². The van der Waals surface area contributed by atoms with Crippen LogP contribution in [-0.2, 0) is 57.1 Å². The highest BCUT2D eigenvalue weighted by atomic mass is 19.4. The summed E-state index contributed by atoms with van der Waals surface area (Å²) in [5, 5.41) is 41.0. The van der Waals surface area contributed by atoms with Crippen LogP contribution >= 0.6 is 0 Å². The highest BCUT2D eigenvalue weighted by molar-refractivity contribution is 5.78. The van der Waals surface area contributed by atoms with Gasteiger partial charge in [0.1, 0.15) is 24.4 Å². The molecule has 512 valence electrons. The number of halogens is 8. The maximum Gasteiger partial charge on any atom is 0.449 e. The van der Waals surface area contributed by atoms with Gasteiger partial charge in [0.2, 0.25) is 5.60 Å². The van der Waals surface area contributed by atoms with Gasteiger partial charge in [0, 0.05) is 10.8 Å². The Bertz CT molecular complexity index is 2460. The van der Waals surface area contributed by atoms with Gasteiger partial charge < -0.3 is 53.6 Å². The quantitative estimate of drug-likeness (QED) is 0.0568. The molecule has 10 unspecified atom stereocenters. The number of rotatable bonds is 18. The second kappa shape index (κ2) is 25.5. The largest absolute Gasteiger partial charge is 0.462 e. The number of carbonyl (C=O) groups is 5. The fourth-order valence-corrected chi connectivity index (χ4v) is 13.1. The van der Waals surface area contributed by atoms with Crippen molar-refractivity contribution in [2.75, 3.05) is 19.8 Å². The van der Waals surface area contributed by atoms with E-state index in [0.29, 0.717) is 38.5 Å². The van der Waals surface area contributed by atoms with E-state index < -0.39 is 98.5 Å². The summed E-state index contributed by atoms with van der Waals surface area (Å²) in [4.78, 5) is 59.4. The van der Waals surface area contributed by atoms with Gasteiger partial charge in [-0.15, -0.1) is 0 Å². The van der Waals surface area contributed by atoms with Crippen LogP contribution in [0.25, 0.3) is 0 Å². The minimum atomic E-state index is -5.74. The van der Waals surface area contributed by atoms with E-state index in [4.69, 9.17) is 23.7 Å². The van der Waals surface area contributed by atoms with Crippen molar-refractivity contribution in [1.82, 2.24) is 0 Å². The molecular formula is C64H104F8O16. The molecule has 10 atom stereocenters. The molecule has 88 heavy (non-hydrogen) atoms. The number of fused-ring (bicyclic) bond motifs is 2. The fourth-order valence-electron chi connectivity index (χ4n) is 13.1. The Morgan fingerprint density at radius 3 is 1.42 bits per heavy atom. The lowest BCUT2D eigenvalue weighted by molar-refractivity contribution is -0.409. The Labute approximate surface area is 515 Å². The van der Waals surface area contributed by atoms with Crippen molar-refractivity contribution in [2.45, 2.75) is 298 Å². The Balaban J connectivity index is 0.000000257. The van der Waals surface area contributed by atoms with Gasteiger partial charge >= 0.3 is 53.9 Å². The average molecular weight is 1280 g/mol. The van der Waals surface area contributed by atoms with Gasteiger partial charge in [-0.2, -0.15) is 35.1 Å². The number of cyclic esters (lactones) is 1. The van der Waals surface area contributed by atoms with Gasteiger partial charge in [0.25, 0.3) is 0 Å². The smallest absolute Gasteiger partial charge is 0.449 e. The van der Waals surface area contributed by atoms with E-state index in [1.807, 2.05) is 90.0 Å². The third-order valence-corrected chi connectivity index (χ3v) is 21.4. The summed E-state index contributed by atoms with van der Waals surface area (Å²) in [5.41, 5.74) is -12.1. The molecule has 2 aliphatic heterocycles. The van der Waals surface area contributed by atoms with Crippen LogP contribution in [0.5, 0.6) is 0 Å². The molecule has 6 bridgehead atoms. The van der Waals surface area contributed by atoms with Crippen LogP contribution in [-0.4, -0.2) is 140 Å². The summed E-state index contributed by atoms with van der Waals surface area (Å²) < 4.78 is 140. The molecule has 0 radical (unpaired) electrons. The Kier molecular flexibility index (Phi) is 22.3. The molecule has 16 nitrogen and oxygen atoms in total. The van der Waals surface area contributed by atoms with E-state index in [1.54, 1.807) is 20.8 Å². The Morgan fingerprint density at radius 2 is 1.05 bits per heavy atom. The van der Waals surface area contributed by atoms with Crippen molar-refractivity contribution in [3.63, 3.8) is 0 Å². The molecule has 2 heterocycles. The molecule has 0 aromatic carbocycles. The number of carbonyl (C=O) groups excluding carboxylic acids is 5. The zero-order valence-electron chi connectivity index (χ0n) is 55.7. The van der Waals surface area contributed by atoms with Crippen LogP contribution in [0.15, 0.2) is 0 Å². The molecule has 8 fully saturated rings. The van der Waals surface area contributed by atoms with E-state index in [-0.39, 0.29) is 84.1 Å². The molecule has 6 saturated carbocycles. The number of ether oxygens (including phenoxy) is 7. The molecular weight excluding hydrogens is 1180 g/mol. The zero-order chi connectivity index (χ0) is 68.3. The van der Waals surface area contributed by atoms with Crippen LogP contribution < -0.4 is 0 Å². The first-order valence-corrected chi connectivity index (χ1v) is 31.0. The minimum absolute atomic E-state index is 0.0840. The molecule has 0 aromatic rings. The summed E-state index contributed by atoms with van der Waals surface area (Å²) in [7, 11) is 0. The predicted molar refractivity (Wildman–Crippen MR) is 307 cm³/mol. The van der Waals surface area contributed by atoms with E-state index >= 15 is 0 Å². The number of hydrogen-bond acceptors (Lipinski definition) is 16. The van der Waals surface area contributed by atoms with E-state index in [0.717, 1.165) is 58.3 Å². The van der Waals surface area contributed by atoms with Gasteiger partial charge in [-0.1, -0.05) is 27.7 Å². The molecule has 6 aliphatic carbocycles. The van der Waals surface area contributed by atoms with Crippen molar-refractivity contribution in [1.29, 1.82) is 0 Å². The summed E-state index contributed by atoms with van der Waals surface area (Å²) in [5.74, 6) is -10.6. The second-order valence-corrected chi connectivity index (χ2v) is 31.2. The minimum Gasteiger partial charge on any atom is -0.462 e. The zero-order valence-corrected chi connectivity index (χ0v) is 55.7. The van der Waals surface area contributed by atoms with Crippen LogP contribution in [0.1, 0.15) is 228 Å². The van der Waals surface area contributed by atoms with Gasteiger partial charge in [-0.3, -0.25) is 24.0 Å². The van der Waals surface area contributed by atoms with Crippen molar-refractivity contribution >= 4 is 29.8 Å². The van der Waals surface area contributed by atoms with Crippen LogP contribution in [0.2, 0.25) is 0 Å². The molecule has 0 aromatic heterocycles. The first kappa shape index (κ1) is 77.0. The summed E-state index contributed by atoms with van der Waals surface area (Å²) in [6, 6.07) is 0. The van der Waals surface area contributed by atoms with Crippen molar-refractivity contribution in [3.8, 4) is 0 Å². The maximum absolute atomic E-state index is 14.0. The van der Waals surface area contributed by atoms with E-state index in [9.17, 15) is 79.5 Å². The third-order valence-electron chi connectivity index (χ3n) is 21.4. The number of alkyl halides is 8. The molecule has 0 spiro atoms. The summed E-state index contributed by atoms with van der Waals surface area (Å²) in [6.45, 7) is 32.2. The average Bonchev–Trinajstić information content (AvgIpc) is 0.815. The van der Waals surface area contributed by atoms with Gasteiger partial charge in [-0.05, 0) is 218 Å². The fraction of sp³-hybridized carbons (Fsp3) is 0.922. The van der Waals surface area contributed by atoms with E-state index in [2.05, 4.69) is 9.47 Å². The van der Waals surface area contributed by atoms with Crippen molar-refractivity contribution in [2.24, 2.45) is 56.2 Å². The highest BCUT2D eigenvalue weighted by Crippen LogP contribution is 2.73. The molecule has 24 heteroatoms. The monoisotopic (exact) mass is 1280 g/mol. The first-order valence-electron chi connectivity index (χ1n) is 31.0. The normalized spacial score (nSPS) is 32.7. The molecule has 8 aliphatic rings. The second-order valence-electron chi connectivity index (χ2n) is 31.2. The molecule has 4 N–H and O–H groups in total. The van der Waals surface area contributed by atoms with Gasteiger partial charge in [0.15, 0.2) is 5.60 Å². The maximum atomic E-state index is 14.0. The lowest BCUT2D eigenvalue weighted by Gasteiger charge is -2.70. The van der Waals surface area contributed by atoms with E-state index in [1.165, 1.54) is 13.8 Å². The number of aliphatic hydroxyl groups is 4. The SMILES string of the molecule is CCC(C)(C)C(=O)OC1(C)COC(O)(C(F)(F)F)C1(F)F.CCC(C)(C)C(=O)OC12CC3CC(C(C)(C)O)(C1)CC(C(C)(C)O)(C3)C2.CCC(C)(C)C(=O)OC1CC2CC1CC2C(C)(C)OCC(C)(O)C(F)(F)F.CCC(C)(C)C(=O)OC1COC(=O)C1. The van der Waals surface area contributed by atoms with Crippen molar-refractivity contribution < 1.29 is 113 Å². The van der Waals surface area contributed by atoms with Crippen molar-refractivity contribution in [3.05, 3.63) is 0 Å². The van der Waals surface area contributed by atoms with Gasteiger partial charge in [-0.25, -0.2) is 0 Å². The van der Waals surface area contributed by atoms with Gasteiger partial charge in [0.05, 0.1) is 58.1 Å². The summed E-state index contributed by atoms with van der Waals surface area (Å²) in [6.07, 6.45) is -0.984. The van der Waals surface area contributed by atoms with Crippen LogP contribution in [0.3, 0.4) is 0 Å². The lowest BCUT2D eigenvalue weighted by Crippen LogP contribution is -2.70. The summed E-state index contributed by atoms with van der Waals surface area (Å²) >= 11 is 0. The molecule has 2 saturated heterocycles. The predicted octanol–water partition coefficient (Wildman–Crippen LogP) is 12.6. The van der Waals surface area contributed by atoms with Crippen LogP contribution in [0, 0.1) is 56.2 Å². The first-order chi connectivity index (χ1) is 39.3.